The topological polar surface area (TPSA) is 49.7 Å². The van der Waals surface area contributed by atoms with E-state index in [1.807, 2.05) is 18.2 Å². The van der Waals surface area contributed by atoms with Gasteiger partial charge in [-0.05, 0) is 43.7 Å². The van der Waals surface area contributed by atoms with Crippen molar-refractivity contribution in [3.8, 4) is 5.75 Å². The number of aliphatic hydroxyl groups excluding tert-OH is 2. The van der Waals surface area contributed by atoms with Crippen LogP contribution in [0, 0.1) is 0 Å². The lowest BCUT2D eigenvalue weighted by atomic mass is 10.1. The van der Waals surface area contributed by atoms with E-state index in [2.05, 4.69) is 0 Å². The van der Waals surface area contributed by atoms with Gasteiger partial charge in [0.25, 0.3) is 0 Å². The van der Waals surface area contributed by atoms with Crippen LogP contribution >= 0.6 is 0 Å². The number of hydrogen-bond acceptors (Lipinski definition) is 3. The van der Waals surface area contributed by atoms with Crippen LogP contribution in [0.5, 0.6) is 5.75 Å². The van der Waals surface area contributed by atoms with E-state index in [1.54, 1.807) is 0 Å². The quantitative estimate of drug-likeness (QED) is 0.744. The van der Waals surface area contributed by atoms with E-state index in [4.69, 9.17) is 9.84 Å². The third kappa shape index (κ3) is 2.99. The lowest BCUT2D eigenvalue weighted by Crippen LogP contribution is -2.01. The van der Waals surface area contributed by atoms with E-state index in [0.29, 0.717) is 6.61 Å². The Morgan fingerprint density at radius 1 is 1.24 bits per heavy atom. The first-order valence-corrected chi connectivity index (χ1v) is 6.36. The number of unbranched alkanes of at least 4 members (excludes halogenated alkanes) is 2. The predicted molar refractivity (Wildman–Crippen MR) is 66.2 cm³/mol. The summed E-state index contributed by atoms with van der Waals surface area (Å²) in [4.78, 5) is 0. The fourth-order valence-corrected chi connectivity index (χ4v) is 2.31. The third-order valence-electron chi connectivity index (χ3n) is 3.26. The van der Waals surface area contributed by atoms with Gasteiger partial charge < -0.3 is 14.9 Å². The molecule has 3 heteroatoms. The molecule has 1 aromatic carbocycles. The summed E-state index contributed by atoms with van der Waals surface area (Å²) in [5, 5.41) is 18.4. The van der Waals surface area contributed by atoms with Crippen LogP contribution < -0.4 is 4.74 Å². The highest BCUT2D eigenvalue weighted by Gasteiger charge is 2.22. The zero-order chi connectivity index (χ0) is 12.1. The number of rotatable bonds is 6. The van der Waals surface area contributed by atoms with Crippen molar-refractivity contribution in [1.29, 1.82) is 0 Å². The molecule has 1 aromatic rings. The summed E-state index contributed by atoms with van der Waals surface area (Å²) in [6, 6.07) is 5.89. The molecular formula is C14H20O3. The molecule has 0 saturated carbocycles. The van der Waals surface area contributed by atoms with E-state index in [9.17, 15) is 5.11 Å². The zero-order valence-electron chi connectivity index (χ0n) is 10.1. The molecule has 0 heterocycles. The molecule has 3 nitrogen and oxygen atoms in total. The molecule has 2 N–H and O–H groups in total. The van der Waals surface area contributed by atoms with Crippen molar-refractivity contribution in [1.82, 2.24) is 0 Å². The summed E-state index contributed by atoms with van der Waals surface area (Å²) in [7, 11) is 0. The zero-order valence-corrected chi connectivity index (χ0v) is 10.1. The normalized spacial score (nSPS) is 18.1. The second-order valence-corrected chi connectivity index (χ2v) is 4.51. The molecule has 0 aliphatic heterocycles. The Kier molecular flexibility index (Phi) is 4.40. The standard InChI is InChI=1S/C14H20O3/c15-9-2-1-3-10-17-14-6-4-5-11-12(14)7-8-13(11)16/h4-6,13,15-16H,1-3,7-10H2. The van der Waals surface area contributed by atoms with Gasteiger partial charge in [-0.1, -0.05) is 12.1 Å². The monoisotopic (exact) mass is 236 g/mol. The van der Waals surface area contributed by atoms with Gasteiger partial charge >= 0.3 is 0 Å². The average molecular weight is 236 g/mol. The van der Waals surface area contributed by atoms with Gasteiger partial charge in [-0.25, -0.2) is 0 Å². The second kappa shape index (κ2) is 6.03. The molecule has 1 aliphatic rings. The first kappa shape index (κ1) is 12.4. The first-order valence-electron chi connectivity index (χ1n) is 6.36. The Balaban J connectivity index is 1.89. The average Bonchev–Trinajstić information content (AvgIpc) is 2.72. The Morgan fingerprint density at radius 2 is 2.12 bits per heavy atom. The van der Waals surface area contributed by atoms with Gasteiger partial charge in [0.15, 0.2) is 0 Å². The Hall–Kier alpha value is -1.06. The minimum atomic E-state index is -0.317. The molecule has 0 saturated heterocycles. The smallest absolute Gasteiger partial charge is 0.122 e. The van der Waals surface area contributed by atoms with Gasteiger partial charge in [0, 0.05) is 12.2 Å². The summed E-state index contributed by atoms with van der Waals surface area (Å²) in [6.07, 6.45) is 4.20. The first-order chi connectivity index (χ1) is 8.33. The molecule has 17 heavy (non-hydrogen) atoms. The maximum atomic E-state index is 9.76. The minimum Gasteiger partial charge on any atom is -0.493 e. The molecule has 0 radical (unpaired) electrons. The van der Waals surface area contributed by atoms with Gasteiger partial charge in [0.05, 0.1) is 12.7 Å². The summed E-state index contributed by atoms with van der Waals surface area (Å²) < 4.78 is 5.75. The lowest BCUT2D eigenvalue weighted by molar-refractivity contribution is 0.180. The van der Waals surface area contributed by atoms with Crippen LogP contribution in [0.25, 0.3) is 0 Å². The predicted octanol–water partition coefficient (Wildman–Crippen LogP) is 2.21. The van der Waals surface area contributed by atoms with Crippen LogP contribution in [0.1, 0.15) is 42.9 Å². The molecule has 0 spiro atoms. The highest BCUT2D eigenvalue weighted by Crippen LogP contribution is 2.36. The fraction of sp³-hybridized carbons (Fsp3) is 0.571. The second-order valence-electron chi connectivity index (χ2n) is 4.51. The summed E-state index contributed by atoms with van der Waals surface area (Å²) >= 11 is 0. The number of hydrogen-bond donors (Lipinski definition) is 2. The van der Waals surface area contributed by atoms with Crippen LogP contribution in [-0.2, 0) is 6.42 Å². The van der Waals surface area contributed by atoms with E-state index in [0.717, 1.165) is 43.4 Å². The highest BCUT2D eigenvalue weighted by atomic mass is 16.5. The maximum Gasteiger partial charge on any atom is 0.122 e. The number of fused-ring (bicyclic) bond motifs is 1. The van der Waals surface area contributed by atoms with Gasteiger partial charge in [-0.15, -0.1) is 0 Å². The summed E-state index contributed by atoms with van der Waals surface area (Å²) in [5.41, 5.74) is 2.19. The number of benzene rings is 1. The van der Waals surface area contributed by atoms with Crippen LogP contribution in [0.4, 0.5) is 0 Å². The number of aliphatic hydroxyl groups is 2. The molecule has 1 atom stereocenters. The number of ether oxygens (including phenoxy) is 1. The fourth-order valence-electron chi connectivity index (χ4n) is 2.31. The lowest BCUT2D eigenvalue weighted by Gasteiger charge is -2.11. The van der Waals surface area contributed by atoms with Crippen molar-refractivity contribution in [2.24, 2.45) is 0 Å². The molecule has 1 unspecified atom stereocenters. The molecule has 0 aromatic heterocycles. The largest absolute Gasteiger partial charge is 0.493 e. The molecule has 94 valence electrons. The van der Waals surface area contributed by atoms with Gasteiger partial charge in [0.2, 0.25) is 0 Å². The van der Waals surface area contributed by atoms with Crippen LogP contribution in [-0.4, -0.2) is 23.4 Å². The molecule has 2 rings (SSSR count). The third-order valence-corrected chi connectivity index (χ3v) is 3.26. The van der Waals surface area contributed by atoms with Crippen molar-refractivity contribution >= 4 is 0 Å². The van der Waals surface area contributed by atoms with Crippen molar-refractivity contribution in [2.45, 2.75) is 38.2 Å². The SMILES string of the molecule is OCCCCCOc1cccc2c1CCC2O. The van der Waals surface area contributed by atoms with Crippen molar-refractivity contribution in [2.75, 3.05) is 13.2 Å². The Morgan fingerprint density at radius 3 is 2.94 bits per heavy atom. The van der Waals surface area contributed by atoms with Crippen LogP contribution in [0.15, 0.2) is 18.2 Å². The van der Waals surface area contributed by atoms with E-state index in [1.165, 1.54) is 5.56 Å². The minimum absolute atomic E-state index is 0.257. The highest BCUT2D eigenvalue weighted by molar-refractivity contribution is 5.44. The van der Waals surface area contributed by atoms with Crippen molar-refractivity contribution < 1.29 is 14.9 Å². The maximum absolute atomic E-state index is 9.76. The van der Waals surface area contributed by atoms with Crippen LogP contribution in [0.2, 0.25) is 0 Å². The van der Waals surface area contributed by atoms with Gasteiger partial charge in [-0.2, -0.15) is 0 Å². The molecular weight excluding hydrogens is 216 g/mol. The van der Waals surface area contributed by atoms with E-state index >= 15 is 0 Å². The van der Waals surface area contributed by atoms with Crippen molar-refractivity contribution in [3.05, 3.63) is 29.3 Å². The van der Waals surface area contributed by atoms with Crippen molar-refractivity contribution in [3.63, 3.8) is 0 Å². The summed E-state index contributed by atoms with van der Waals surface area (Å²) in [5.74, 6) is 0.919. The molecule has 0 fully saturated rings. The Labute approximate surface area is 102 Å². The van der Waals surface area contributed by atoms with Gasteiger partial charge in [-0.3, -0.25) is 0 Å². The molecule has 0 bridgehead atoms. The van der Waals surface area contributed by atoms with Crippen LogP contribution in [0.3, 0.4) is 0 Å². The van der Waals surface area contributed by atoms with E-state index in [-0.39, 0.29) is 12.7 Å². The Bertz CT molecular complexity index is 362. The summed E-state index contributed by atoms with van der Waals surface area (Å²) in [6.45, 7) is 0.944. The molecule has 0 amide bonds. The van der Waals surface area contributed by atoms with Gasteiger partial charge in [0.1, 0.15) is 5.75 Å². The molecule has 1 aliphatic carbocycles. The van der Waals surface area contributed by atoms with E-state index < -0.39 is 0 Å².